The number of hydrogen-bond acceptors (Lipinski definition) is 4. The van der Waals surface area contributed by atoms with Crippen LogP contribution in [0.4, 0.5) is 0 Å². The van der Waals surface area contributed by atoms with E-state index in [4.69, 9.17) is 0 Å². The van der Waals surface area contributed by atoms with Crippen molar-refractivity contribution in [1.29, 1.82) is 0 Å². The first kappa shape index (κ1) is 19.2. The Hall–Kier alpha value is -2.76. The number of β-lactam (4-membered cyclic amide) rings is 1. The molecule has 30 heavy (non-hydrogen) atoms. The summed E-state index contributed by atoms with van der Waals surface area (Å²) in [5.41, 5.74) is 1.59. The third-order valence-corrected chi connectivity index (χ3v) is 7.28. The van der Waals surface area contributed by atoms with Crippen LogP contribution in [0.2, 0.25) is 0 Å². The fourth-order valence-corrected chi connectivity index (χ4v) is 5.79. The monoisotopic (exact) mass is 404 g/mol. The van der Waals surface area contributed by atoms with Gasteiger partial charge in [-0.15, -0.1) is 0 Å². The van der Waals surface area contributed by atoms with E-state index in [1.165, 1.54) is 18.3 Å². The molecule has 1 spiro atoms. The van der Waals surface area contributed by atoms with Gasteiger partial charge >= 0.3 is 0 Å². The number of carbonyl (C=O) groups is 2. The van der Waals surface area contributed by atoms with Crippen LogP contribution in [0.25, 0.3) is 0 Å². The zero-order valence-electron chi connectivity index (χ0n) is 17.2. The maximum absolute atomic E-state index is 13.5. The second kappa shape index (κ2) is 7.82. The van der Waals surface area contributed by atoms with Crippen molar-refractivity contribution in [3.8, 4) is 0 Å². The van der Waals surface area contributed by atoms with Gasteiger partial charge in [0, 0.05) is 31.5 Å². The van der Waals surface area contributed by atoms with Crippen LogP contribution in [0, 0.1) is 5.41 Å². The van der Waals surface area contributed by atoms with Crippen molar-refractivity contribution in [1.82, 2.24) is 19.8 Å². The predicted molar refractivity (Wildman–Crippen MR) is 113 cm³/mol. The van der Waals surface area contributed by atoms with Crippen LogP contribution in [-0.4, -0.2) is 50.7 Å². The van der Waals surface area contributed by atoms with Gasteiger partial charge in [0.1, 0.15) is 6.33 Å². The van der Waals surface area contributed by atoms with Gasteiger partial charge in [-0.1, -0.05) is 49.6 Å². The van der Waals surface area contributed by atoms with Gasteiger partial charge in [0.2, 0.25) is 5.91 Å². The zero-order chi connectivity index (χ0) is 20.6. The Labute approximate surface area is 177 Å². The molecular formula is C24H28N4O2. The lowest BCUT2D eigenvalue weighted by molar-refractivity contribution is -0.186. The van der Waals surface area contributed by atoms with Gasteiger partial charge in [-0.3, -0.25) is 9.59 Å². The Balaban J connectivity index is 1.33. The number of carbonyl (C=O) groups excluding carboxylic acids is 2. The summed E-state index contributed by atoms with van der Waals surface area (Å²) >= 11 is 0. The molecule has 2 aliphatic heterocycles. The summed E-state index contributed by atoms with van der Waals surface area (Å²) in [6.07, 6.45) is 11.8. The smallest absolute Gasteiger partial charge is 0.256 e. The lowest BCUT2D eigenvalue weighted by Crippen LogP contribution is -2.67. The van der Waals surface area contributed by atoms with Crippen molar-refractivity contribution < 1.29 is 9.59 Å². The Bertz CT molecular complexity index is 903. The second-order valence-corrected chi connectivity index (χ2v) is 8.89. The minimum absolute atomic E-state index is 0.0210. The second-order valence-electron chi connectivity index (χ2n) is 8.89. The van der Waals surface area contributed by atoms with Crippen molar-refractivity contribution in [3.05, 3.63) is 60.2 Å². The zero-order valence-corrected chi connectivity index (χ0v) is 17.2. The first-order valence-electron chi connectivity index (χ1n) is 11.1. The highest BCUT2D eigenvalue weighted by molar-refractivity contribution is 5.94. The number of piperidine rings is 1. The quantitative estimate of drug-likeness (QED) is 0.733. The Morgan fingerprint density at radius 2 is 1.63 bits per heavy atom. The highest BCUT2D eigenvalue weighted by atomic mass is 16.2. The highest BCUT2D eigenvalue weighted by Crippen LogP contribution is 2.59. The number of aromatic nitrogens is 2. The minimum Gasteiger partial charge on any atom is -0.338 e. The number of nitrogens with zero attached hydrogens (tertiary/aromatic N) is 4. The maximum Gasteiger partial charge on any atom is 0.256 e. The van der Waals surface area contributed by atoms with Gasteiger partial charge in [0.15, 0.2) is 0 Å². The van der Waals surface area contributed by atoms with Crippen LogP contribution >= 0.6 is 0 Å². The molecule has 1 aromatic heterocycles. The van der Waals surface area contributed by atoms with Crippen molar-refractivity contribution in [2.24, 2.45) is 5.41 Å². The van der Waals surface area contributed by atoms with E-state index in [2.05, 4.69) is 39.1 Å². The van der Waals surface area contributed by atoms with Gasteiger partial charge in [-0.2, -0.15) is 0 Å². The normalized spacial score (nSPS) is 24.0. The highest BCUT2D eigenvalue weighted by Gasteiger charge is 2.62. The summed E-state index contributed by atoms with van der Waals surface area (Å²) in [6.45, 7) is 1.33. The third kappa shape index (κ3) is 3.09. The molecule has 3 fully saturated rings. The van der Waals surface area contributed by atoms with Crippen LogP contribution in [0.15, 0.2) is 49.1 Å². The predicted octanol–water partition coefficient (Wildman–Crippen LogP) is 3.62. The van der Waals surface area contributed by atoms with E-state index in [1.807, 2.05) is 11.0 Å². The fraction of sp³-hybridized carbons (Fsp3) is 0.500. The molecule has 3 aliphatic rings. The summed E-state index contributed by atoms with van der Waals surface area (Å²) in [7, 11) is 0. The molecule has 2 aromatic rings. The topological polar surface area (TPSA) is 66.4 Å². The van der Waals surface area contributed by atoms with Crippen molar-refractivity contribution in [3.63, 3.8) is 0 Å². The number of amides is 2. The summed E-state index contributed by atoms with van der Waals surface area (Å²) in [6, 6.07) is 10.9. The fourth-order valence-electron chi connectivity index (χ4n) is 5.79. The Morgan fingerprint density at radius 3 is 2.30 bits per heavy atom. The van der Waals surface area contributed by atoms with E-state index in [1.54, 1.807) is 12.4 Å². The summed E-state index contributed by atoms with van der Waals surface area (Å²) in [5, 5.41) is 0. The number of rotatable bonds is 3. The van der Waals surface area contributed by atoms with Gasteiger partial charge in [-0.25, -0.2) is 9.97 Å². The molecule has 2 amide bonds. The molecule has 1 unspecified atom stereocenters. The number of benzene rings is 1. The van der Waals surface area contributed by atoms with E-state index >= 15 is 0 Å². The summed E-state index contributed by atoms with van der Waals surface area (Å²) in [4.78, 5) is 38.1. The molecule has 156 valence electrons. The molecule has 0 N–H and O–H groups in total. The van der Waals surface area contributed by atoms with Crippen LogP contribution in [-0.2, 0) is 4.79 Å². The third-order valence-electron chi connectivity index (χ3n) is 7.28. The van der Waals surface area contributed by atoms with Gasteiger partial charge in [-0.05, 0) is 31.2 Å². The summed E-state index contributed by atoms with van der Waals surface area (Å²) < 4.78 is 0. The van der Waals surface area contributed by atoms with Crippen LogP contribution in [0.5, 0.6) is 0 Å². The van der Waals surface area contributed by atoms with E-state index in [0.29, 0.717) is 24.6 Å². The molecular weight excluding hydrogens is 376 g/mol. The van der Waals surface area contributed by atoms with Gasteiger partial charge in [0.25, 0.3) is 5.91 Å². The van der Waals surface area contributed by atoms with Crippen LogP contribution < -0.4 is 0 Å². The molecule has 3 heterocycles. The first-order valence-corrected chi connectivity index (χ1v) is 11.1. The van der Waals surface area contributed by atoms with Gasteiger partial charge < -0.3 is 9.80 Å². The largest absolute Gasteiger partial charge is 0.338 e. The molecule has 2 saturated heterocycles. The average molecular weight is 405 g/mol. The van der Waals surface area contributed by atoms with Crippen molar-refractivity contribution in [2.75, 3.05) is 13.1 Å². The SMILES string of the molecule is O=C(c1cncnc1)N1CCC(N2C(=O)C3(CCCCC3)C2c2ccccc2)CC1. The molecule has 1 saturated carbocycles. The lowest BCUT2D eigenvalue weighted by Gasteiger charge is -2.61. The Kier molecular flexibility index (Phi) is 5.01. The molecule has 0 radical (unpaired) electrons. The average Bonchev–Trinajstić information content (AvgIpc) is 2.83. The van der Waals surface area contributed by atoms with Crippen LogP contribution in [0.3, 0.4) is 0 Å². The first-order chi connectivity index (χ1) is 14.7. The molecule has 6 nitrogen and oxygen atoms in total. The molecule has 1 atom stereocenters. The molecule has 1 aliphatic carbocycles. The lowest BCUT2D eigenvalue weighted by atomic mass is 9.59. The number of hydrogen-bond donors (Lipinski definition) is 0. The van der Waals surface area contributed by atoms with E-state index in [0.717, 1.165) is 38.5 Å². The Morgan fingerprint density at radius 1 is 0.967 bits per heavy atom. The number of likely N-dealkylation sites (tertiary alicyclic amines) is 2. The molecule has 1 aromatic carbocycles. The van der Waals surface area contributed by atoms with Crippen molar-refractivity contribution in [2.45, 2.75) is 57.0 Å². The van der Waals surface area contributed by atoms with E-state index in [-0.39, 0.29) is 23.4 Å². The molecule has 5 rings (SSSR count). The minimum atomic E-state index is -0.200. The van der Waals surface area contributed by atoms with Crippen LogP contribution in [0.1, 0.15) is 66.9 Å². The summed E-state index contributed by atoms with van der Waals surface area (Å²) in [5.74, 6) is 0.324. The standard InChI is InChI=1S/C24H28N4O2/c29-22(19-15-25-17-26-16-19)27-13-9-20(10-14-27)28-21(18-7-3-1-4-8-18)24(23(28)30)11-5-2-6-12-24/h1,3-4,7-8,15-17,20-21H,2,5-6,9-14H2. The molecule has 6 heteroatoms. The van der Waals surface area contributed by atoms with E-state index < -0.39 is 0 Å². The van der Waals surface area contributed by atoms with Crippen molar-refractivity contribution >= 4 is 11.8 Å². The van der Waals surface area contributed by atoms with E-state index in [9.17, 15) is 9.59 Å². The maximum atomic E-state index is 13.5. The van der Waals surface area contributed by atoms with Gasteiger partial charge in [0.05, 0.1) is 17.0 Å². The molecule has 0 bridgehead atoms.